The van der Waals surface area contributed by atoms with Gasteiger partial charge in [0.2, 0.25) is 0 Å². The van der Waals surface area contributed by atoms with Crippen LogP contribution in [-0.4, -0.2) is 19.2 Å². The molecule has 0 atom stereocenters. The number of carbonyl (C=O) groups excluding carboxylic acids is 1. The fourth-order valence-electron chi connectivity index (χ4n) is 2.45. The molecule has 0 saturated carbocycles. The van der Waals surface area contributed by atoms with E-state index in [-0.39, 0.29) is 5.97 Å². The van der Waals surface area contributed by atoms with Gasteiger partial charge < -0.3 is 9.47 Å². The monoisotopic (exact) mass is 332 g/mol. The fraction of sp³-hybridized carbons (Fsp3) is 0.136. The van der Waals surface area contributed by atoms with Crippen molar-refractivity contribution in [3.05, 3.63) is 90.5 Å². The molecule has 3 rings (SSSR count). The quantitative estimate of drug-likeness (QED) is 0.452. The van der Waals surface area contributed by atoms with Gasteiger partial charge >= 0.3 is 5.97 Å². The molecule has 0 bridgehead atoms. The Labute approximate surface area is 147 Å². The molecule has 0 amide bonds. The van der Waals surface area contributed by atoms with Crippen LogP contribution < -0.4 is 4.74 Å². The molecule has 0 spiro atoms. The number of esters is 1. The Balaban J connectivity index is 1.40. The number of carbonyl (C=O) groups is 1. The second-order valence-corrected chi connectivity index (χ2v) is 5.59. The van der Waals surface area contributed by atoms with Crippen LogP contribution >= 0.6 is 0 Å². The smallest absolute Gasteiger partial charge is 0.338 e. The van der Waals surface area contributed by atoms with Crippen LogP contribution in [0.25, 0.3) is 11.1 Å². The summed E-state index contributed by atoms with van der Waals surface area (Å²) < 4.78 is 10.9. The van der Waals surface area contributed by atoms with Crippen molar-refractivity contribution in [3.63, 3.8) is 0 Å². The highest BCUT2D eigenvalue weighted by Crippen LogP contribution is 2.22. The summed E-state index contributed by atoms with van der Waals surface area (Å²) >= 11 is 0. The number of benzene rings is 3. The summed E-state index contributed by atoms with van der Waals surface area (Å²) in [6, 6.07) is 27.2. The SMILES string of the molecule is O=C(OCCCOc1ccc(-c2ccccc2)cc1)c1ccccc1. The molecule has 0 aliphatic heterocycles. The zero-order valence-electron chi connectivity index (χ0n) is 13.9. The van der Waals surface area contributed by atoms with Crippen LogP contribution in [0, 0.1) is 0 Å². The maximum absolute atomic E-state index is 11.8. The van der Waals surface area contributed by atoms with Gasteiger partial charge in [-0.3, -0.25) is 0 Å². The molecular weight excluding hydrogens is 312 g/mol. The van der Waals surface area contributed by atoms with Gasteiger partial charge in [-0.1, -0.05) is 60.7 Å². The number of hydrogen-bond acceptors (Lipinski definition) is 3. The van der Waals surface area contributed by atoms with E-state index in [1.165, 1.54) is 5.56 Å². The van der Waals surface area contributed by atoms with E-state index in [0.717, 1.165) is 11.3 Å². The van der Waals surface area contributed by atoms with Gasteiger partial charge in [0.15, 0.2) is 0 Å². The molecule has 0 heterocycles. The van der Waals surface area contributed by atoms with Gasteiger partial charge in [-0.25, -0.2) is 4.79 Å². The molecule has 25 heavy (non-hydrogen) atoms. The van der Waals surface area contributed by atoms with Crippen molar-refractivity contribution >= 4 is 5.97 Å². The first-order chi connectivity index (χ1) is 12.3. The zero-order chi connectivity index (χ0) is 17.3. The van der Waals surface area contributed by atoms with Gasteiger partial charge in [0.05, 0.1) is 18.8 Å². The third kappa shape index (κ3) is 4.95. The van der Waals surface area contributed by atoms with Gasteiger partial charge in [-0.2, -0.15) is 0 Å². The highest BCUT2D eigenvalue weighted by Gasteiger charge is 2.05. The van der Waals surface area contributed by atoms with Crippen molar-refractivity contribution in [3.8, 4) is 16.9 Å². The topological polar surface area (TPSA) is 35.5 Å². The van der Waals surface area contributed by atoms with E-state index in [4.69, 9.17) is 9.47 Å². The Bertz CT molecular complexity index is 781. The lowest BCUT2D eigenvalue weighted by Crippen LogP contribution is -2.09. The largest absolute Gasteiger partial charge is 0.493 e. The number of ether oxygens (including phenoxy) is 2. The molecule has 0 aliphatic rings. The first-order valence-electron chi connectivity index (χ1n) is 8.33. The molecule has 0 unspecified atom stereocenters. The van der Waals surface area contributed by atoms with E-state index >= 15 is 0 Å². The van der Waals surface area contributed by atoms with Crippen LogP contribution in [0.5, 0.6) is 5.75 Å². The van der Waals surface area contributed by atoms with Crippen LogP contribution in [0.15, 0.2) is 84.9 Å². The first-order valence-corrected chi connectivity index (χ1v) is 8.33. The highest BCUT2D eigenvalue weighted by atomic mass is 16.5. The molecule has 0 aromatic heterocycles. The predicted molar refractivity (Wildman–Crippen MR) is 98.7 cm³/mol. The molecule has 3 heteroatoms. The molecule has 0 saturated heterocycles. The van der Waals surface area contributed by atoms with Crippen molar-refractivity contribution in [1.82, 2.24) is 0 Å². The summed E-state index contributed by atoms with van der Waals surface area (Å²) in [6.07, 6.45) is 0.652. The minimum absolute atomic E-state index is 0.298. The fourth-order valence-corrected chi connectivity index (χ4v) is 2.45. The van der Waals surface area contributed by atoms with Crippen LogP contribution in [0.2, 0.25) is 0 Å². The second kappa shape index (κ2) is 8.69. The zero-order valence-corrected chi connectivity index (χ0v) is 13.9. The highest BCUT2D eigenvalue weighted by molar-refractivity contribution is 5.89. The van der Waals surface area contributed by atoms with Crippen LogP contribution in [-0.2, 0) is 4.74 Å². The van der Waals surface area contributed by atoms with E-state index < -0.39 is 0 Å². The Hall–Kier alpha value is -3.07. The number of hydrogen-bond donors (Lipinski definition) is 0. The first kappa shape index (κ1) is 16.8. The van der Waals surface area contributed by atoms with Gasteiger partial charge in [0.1, 0.15) is 5.75 Å². The third-order valence-electron chi connectivity index (χ3n) is 3.76. The van der Waals surface area contributed by atoms with E-state index in [0.29, 0.717) is 25.2 Å². The van der Waals surface area contributed by atoms with Gasteiger partial charge in [0, 0.05) is 6.42 Å². The van der Waals surface area contributed by atoms with Gasteiger partial charge in [0.25, 0.3) is 0 Å². The average Bonchev–Trinajstić information content (AvgIpc) is 2.69. The molecule has 0 fully saturated rings. The van der Waals surface area contributed by atoms with Gasteiger partial charge in [-0.15, -0.1) is 0 Å². The molecule has 126 valence electrons. The van der Waals surface area contributed by atoms with E-state index in [1.54, 1.807) is 12.1 Å². The Morgan fingerprint density at radius 2 is 1.28 bits per heavy atom. The normalized spacial score (nSPS) is 10.2. The lowest BCUT2D eigenvalue weighted by molar-refractivity contribution is 0.0486. The molecular formula is C22H20O3. The van der Waals surface area contributed by atoms with Crippen molar-refractivity contribution in [1.29, 1.82) is 0 Å². The average molecular weight is 332 g/mol. The standard InChI is InChI=1S/C22H20O3/c23-22(20-10-5-2-6-11-20)25-17-7-16-24-21-14-12-19(13-15-21)18-8-3-1-4-9-18/h1-6,8-15H,7,16-17H2. The Morgan fingerprint density at radius 1 is 0.680 bits per heavy atom. The predicted octanol–water partition coefficient (Wildman–Crippen LogP) is 4.98. The summed E-state index contributed by atoms with van der Waals surface area (Å²) in [4.78, 5) is 11.8. The second-order valence-electron chi connectivity index (χ2n) is 5.59. The summed E-state index contributed by atoms with van der Waals surface area (Å²) in [7, 11) is 0. The Morgan fingerprint density at radius 3 is 1.96 bits per heavy atom. The molecule has 3 nitrogen and oxygen atoms in total. The minimum atomic E-state index is -0.298. The van der Waals surface area contributed by atoms with E-state index in [9.17, 15) is 4.79 Å². The summed E-state index contributed by atoms with van der Waals surface area (Å²) in [5.41, 5.74) is 2.91. The molecule has 0 N–H and O–H groups in total. The molecule has 0 radical (unpaired) electrons. The summed E-state index contributed by atoms with van der Waals surface area (Å²) in [5, 5.41) is 0. The lowest BCUT2D eigenvalue weighted by Gasteiger charge is -2.08. The molecule has 0 aliphatic carbocycles. The number of rotatable bonds is 7. The Kier molecular flexibility index (Phi) is 5.83. The van der Waals surface area contributed by atoms with E-state index in [2.05, 4.69) is 12.1 Å². The van der Waals surface area contributed by atoms with Crippen molar-refractivity contribution in [2.75, 3.05) is 13.2 Å². The summed E-state index contributed by atoms with van der Waals surface area (Å²) in [6.45, 7) is 0.850. The third-order valence-corrected chi connectivity index (χ3v) is 3.76. The lowest BCUT2D eigenvalue weighted by atomic mass is 10.1. The van der Waals surface area contributed by atoms with Crippen LogP contribution in [0.3, 0.4) is 0 Å². The van der Waals surface area contributed by atoms with Crippen molar-refractivity contribution in [2.45, 2.75) is 6.42 Å². The minimum Gasteiger partial charge on any atom is -0.493 e. The van der Waals surface area contributed by atoms with Crippen LogP contribution in [0.1, 0.15) is 16.8 Å². The maximum atomic E-state index is 11.8. The maximum Gasteiger partial charge on any atom is 0.338 e. The molecule has 3 aromatic carbocycles. The van der Waals surface area contributed by atoms with E-state index in [1.807, 2.05) is 60.7 Å². The van der Waals surface area contributed by atoms with Crippen LogP contribution in [0.4, 0.5) is 0 Å². The van der Waals surface area contributed by atoms with Crippen molar-refractivity contribution < 1.29 is 14.3 Å². The van der Waals surface area contributed by atoms with Crippen molar-refractivity contribution in [2.24, 2.45) is 0 Å². The summed E-state index contributed by atoms with van der Waals surface area (Å²) in [5.74, 6) is 0.516. The van der Waals surface area contributed by atoms with Gasteiger partial charge in [-0.05, 0) is 35.4 Å². The molecule has 3 aromatic rings.